The number of aliphatic imine (C=N–C) groups is 1. The number of fused-ring (bicyclic) bond motifs is 1. The maximum absolute atomic E-state index is 12.2. The van der Waals surface area contributed by atoms with Crippen LogP contribution < -0.4 is 10.5 Å². The van der Waals surface area contributed by atoms with Crippen LogP contribution in [-0.4, -0.2) is 24.5 Å². The number of sulfonamides is 1. The summed E-state index contributed by atoms with van der Waals surface area (Å²) in [7, 11) is -3.81. The molecule has 9 heteroatoms. The Labute approximate surface area is 165 Å². The lowest BCUT2D eigenvalue weighted by Gasteiger charge is -2.06. The Bertz CT molecular complexity index is 1270. The summed E-state index contributed by atoms with van der Waals surface area (Å²) in [5.41, 5.74) is 2.22. The van der Waals surface area contributed by atoms with Crippen molar-refractivity contribution in [2.24, 2.45) is 10.1 Å². The van der Waals surface area contributed by atoms with Crippen LogP contribution in [0.1, 0.15) is 5.56 Å². The van der Waals surface area contributed by atoms with Gasteiger partial charge in [-0.1, -0.05) is 18.2 Å². The topological polar surface area (TPSA) is 115 Å². The van der Waals surface area contributed by atoms with E-state index in [-0.39, 0.29) is 10.8 Å². The lowest BCUT2D eigenvalue weighted by atomic mass is 10.1. The molecule has 2 aromatic carbocycles. The molecule has 0 saturated heterocycles. The van der Waals surface area contributed by atoms with Gasteiger partial charge in [-0.2, -0.15) is 4.99 Å². The van der Waals surface area contributed by atoms with E-state index in [1.54, 1.807) is 24.4 Å². The van der Waals surface area contributed by atoms with Gasteiger partial charge < -0.3 is 5.32 Å². The van der Waals surface area contributed by atoms with E-state index in [0.717, 1.165) is 16.5 Å². The van der Waals surface area contributed by atoms with E-state index in [0.29, 0.717) is 15.8 Å². The quantitative estimate of drug-likeness (QED) is 0.642. The van der Waals surface area contributed by atoms with Crippen molar-refractivity contribution in [2.45, 2.75) is 4.90 Å². The summed E-state index contributed by atoms with van der Waals surface area (Å²) in [4.78, 5) is 20.9. The molecule has 2 heterocycles. The normalized spacial score (nSPS) is 15.8. The van der Waals surface area contributed by atoms with Crippen LogP contribution in [0.25, 0.3) is 17.0 Å². The Morgan fingerprint density at radius 1 is 1.07 bits per heavy atom. The number of hydrogen-bond donors (Lipinski definition) is 2. The van der Waals surface area contributed by atoms with Gasteiger partial charge in [0.15, 0.2) is 5.17 Å². The van der Waals surface area contributed by atoms with E-state index in [4.69, 9.17) is 5.14 Å². The highest BCUT2D eigenvalue weighted by Gasteiger charge is 2.22. The molecule has 0 atom stereocenters. The number of hydrogen-bond acceptors (Lipinski definition) is 6. The number of amidine groups is 1. The Hall–Kier alpha value is -3.01. The Morgan fingerprint density at radius 3 is 2.75 bits per heavy atom. The number of primary sulfonamides is 1. The molecule has 1 aliphatic rings. The third-order valence-electron chi connectivity index (χ3n) is 3.96. The number of nitrogens with zero attached hydrogens (tertiary/aromatic N) is 2. The predicted octanol–water partition coefficient (Wildman–Crippen LogP) is 2.96. The van der Waals surface area contributed by atoms with Crippen molar-refractivity contribution in [3.05, 3.63) is 71.3 Å². The Kier molecular flexibility index (Phi) is 4.71. The van der Waals surface area contributed by atoms with E-state index in [1.165, 1.54) is 23.9 Å². The van der Waals surface area contributed by atoms with E-state index in [1.807, 2.05) is 30.3 Å². The van der Waals surface area contributed by atoms with Gasteiger partial charge in [0, 0.05) is 17.3 Å². The lowest BCUT2D eigenvalue weighted by molar-refractivity contribution is -0.113. The summed E-state index contributed by atoms with van der Waals surface area (Å²) in [6, 6.07) is 15.6. The molecule has 0 bridgehead atoms. The van der Waals surface area contributed by atoms with Gasteiger partial charge in [-0.25, -0.2) is 13.6 Å². The van der Waals surface area contributed by atoms with Crippen LogP contribution in [0.4, 0.5) is 5.69 Å². The minimum absolute atomic E-state index is 0.0204. The first-order chi connectivity index (χ1) is 13.4. The van der Waals surface area contributed by atoms with Crippen molar-refractivity contribution in [2.75, 3.05) is 5.32 Å². The van der Waals surface area contributed by atoms with Crippen LogP contribution in [0.15, 0.2) is 75.6 Å². The van der Waals surface area contributed by atoms with Crippen LogP contribution in [0, 0.1) is 0 Å². The van der Waals surface area contributed by atoms with Crippen molar-refractivity contribution >= 4 is 55.5 Å². The standard InChI is InChI=1S/C19H14N4O3S2/c20-28(25,26)15-5-1-4-14(11-15)22-19-23-18(24)17(27-19)10-12-6-7-16-13(9-12)3-2-8-21-16/h1-11H,(H2,20,25,26)(H,22,23,24)/b17-10+. The third kappa shape index (κ3) is 3.96. The average molecular weight is 410 g/mol. The zero-order valence-electron chi connectivity index (χ0n) is 14.4. The van der Waals surface area contributed by atoms with Gasteiger partial charge in [0.25, 0.3) is 5.91 Å². The molecule has 140 valence electrons. The molecule has 3 N–H and O–H groups in total. The molecule has 1 aromatic heterocycles. The first kappa shape index (κ1) is 18.4. The van der Waals surface area contributed by atoms with Gasteiger partial charge in [-0.3, -0.25) is 9.78 Å². The summed E-state index contributed by atoms with van der Waals surface area (Å²) >= 11 is 1.18. The molecular weight excluding hydrogens is 396 g/mol. The molecule has 4 rings (SSSR count). The second kappa shape index (κ2) is 7.19. The zero-order chi connectivity index (χ0) is 19.7. The maximum Gasteiger partial charge on any atom is 0.286 e. The third-order valence-corrected chi connectivity index (χ3v) is 5.77. The van der Waals surface area contributed by atoms with Gasteiger partial charge in [0.1, 0.15) is 0 Å². The van der Waals surface area contributed by atoms with Gasteiger partial charge in [0.05, 0.1) is 15.3 Å². The fourth-order valence-corrected chi connectivity index (χ4v) is 4.07. The summed E-state index contributed by atoms with van der Waals surface area (Å²) < 4.78 is 22.9. The Balaban J connectivity index is 1.54. The van der Waals surface area contributed by atoms with Crippen molar-refractivity contribution < 1.29 is 13.2 Å². The number of thioether (sulfide) groups is 1. The molecular formula is C19H14N4O3S2. The van der Waals surface area contributed by atoms with Crippen LogP contribution in [0.5, 0.6) is 0 Å². The molecule has 1 amide bonds. The number of carbonyl (C=O) groups excluding carboxylic acids is 1. The molecule has 0 radical (unpaired) electrons. The summed E-state index contributed by atoms with van der Waals surface area (Å²) in [5, 5.41) is 9.44. The second-order valence-electron chi connectivity index (χ2n) is 5.99. The van der Waals surface area contributed by atoms with Gasteiger partial charge >= 0.3 is 0 Å². The molecule has 0 saturated carbocycles. The smallest absolute Gasteiger partial charge is 0.286 e. The van der Waals surface area contributed by atoms with Crippen LogP contribution in [0.2, 0.25) is 0 Å². The first-order valence-electron chi connectivity index (χ1n) is 8.16. The van der Waals surface area contributed by atoms with E-state index in [2.05, 4.69) is 15.3 Å². The maximum atomic E-state index is 12.2. The highest BCUT2D eigenvalue weighted by Crippen LogP contribution is 2.30. The number of benzene rings is 2. The summed E-state index contributed by atoms with van der Waals surface area (Å²) in [6.07, 6.45) is 3.49. The van der Waals surface area contributed by atoms with Crippen molar-refractivity contribution in [3.8, 4) is 0 Å². The Morgan fingerprint density at radius 2 is 1.93 bits per heavy atom. The van der Waals surface area contributed by atoms with Crippen molar-refractivity contribution in [1.82, 2.24) is 4.98 Å². The minimum Gasteiger partial charge on any atom is -0.334 e. The first-order valence-corrected chi connectivity index (χ1v) is 10.5. The van der Waals surface area contributed by atoms with E-state index < -0.39 is 10.0 Å². The largest absolute Gasteiger partial charge is 0.334 e. The fourth-order valence-electron chi connectivity index (χ4n) is 2.67. The van der Waals surface area contributed by atoms with Gasteiger partial charge in [0.2, 0.25) is 10.0 Å². The van der Waals surface area contributed by atoms with Crippen molar-refractivity contribution in [3.63, 3.8) is 0 Å². The zero-order valence-corrected chi connectivity index (χ0v) is 16.0. The highest BCUT2D eigenvalue weighted by molar-refractivity contribution is 8.18. The summed E-state index contributed by atoms with van der Waals surface area (Å²) in [5.74, 6) is -0.360. The van der Waals surface area contributed by atoms with E-state index >= 15 is 0 Å². The van der Waals surface area contributed by atoms with Crippen LogP contribution >= 0.6 is 11.8 Å². The van der Waals surface area contributed by atoms with E-state index in [9.17, 15) is 13.2 Å². The second-order valence-corrected chi connectivity index (χ2v) is 8.58. The number of carbonyl (C=O) groups is 1. The fraction of sp³-hybridized carbons (Fsp3) is 0. The molecule has 0 spiro atoms. The van der Waals surface area contributed by atoms with Crippen LogP contribution in [0.3, 0.4) is 0 Å². The molecule has 1 aliphatic heterocycles. The summed E-state index contributed by atoms with van der Waals surface area (Å²) in [6.45, 7) is 0. The molecule has 3 aromatic rings. The number of aromatic nitrogens is 1. The molecule has 0 fully saturated rings. The number of rotatable bonds is 3. The van der Waals surface area contributed by atoms with Crippen molar-refractivity contribution in [1.29, 1.82) is 0 Å². The molecule has 28 heavy (non-hydrogen) atoms. The van der Waals surface area contributed by atoms with Gasteiger partial charge in [-0.05, 0) is 59.8 Å². The highest BCUT2D eigenvalue weighted by atomic mass is 32.2. The average Bonchev–Trinajstić information content (AvgIpc) is 3.00. The number of anilines is 1. The van der Waals surface area contributed by atoms with Gasteiger partial charge in [-0.15, -0.1) is 0 Å². The molecule has 7 nitrogen and oxygen atoms in total. The number of amides is 1. The monoisotopic (exact) mass is 410 g/mol. The lowest BCUT2D eigenvalue weighted by Crippen LogP contribution is -2.13. The molecule has 0 unspecified atom stereocenters. The molecule has 0 aliphatic carbocycles. The SMILES string of the molecule is NS(=O)(=O)c1cccc(NC2=NC(=O)/C(=C\c3ccc4ncccc4c3)S2)c1. The predicted molar refractivity (Wildman–Crippen MR) is 111 cm³/mol. The number of nitrogens with two attached hydrogens (primary N) is 1. The minimum atomic E-state index is -3.81. The van der Waals surface area contributed by atoms with Crippen LogP contribution in [-0.2, 0) is 14.8 Å². The number of nitrogens with one attached hydrogen (secondary N) is 1. The number of pyridine rings is 1.